The van der Waals surface area contributed by atoms with E-state index in [1.807, 2.05) is 12.1 Å². The Bertz CT molecular complexity index is 1310. The lowest BCUT2D eigenvalue weighted by atomic mass is 10.1. The van der Waals surface area contributed by atoms with Crippen LogP contribution in [0, 0.1) is 17.1 Å². The Kier molecular flexibility index (Phi) is 9.54. The molecule has 0 heterocycles. The number of amides is 2. The number of nitriles is 1. The lowest BCUT2D eigenvalue weighted by Gasteiger charge is -2.13. The third-order valence-electron chi connectivity index (χ3n) is 4.88. The molecule has 0 aliphatic carbocycles. The van der Waals surface area contributed by atoms with Gasteiger partial charge in [0.2, 0.25) is 5.91 Å². The second kappa shape index (κ2) is 13.0. The van der Waals surface area contributed by atoms with E-state index in [-0.39, 0.29) is 25.1 Å². The number of ether oxygens (including phenoxy) is 2. The van der Waals surface area contributed by atoms with E-state index in [4.69, 9.17) is 14.7 Å². The number of hydrogen-bond donors (Lipinski definition) is 2. The van der Waals surface area contributed by atoms with Crippen molar-refractivity contribution in [1.82, 2.24) is 10.7 Å². The first-order chi connectivity index (χ1) is 17.4. The van der Waals surface area contributed by atoms with E-state index in [0.29, 0.717) is 27.1 Å². The Hall–Kier alpha value is -4.23. The molecule has 0 saturated carbocycles. The molecule has 36 heavy (non-hydrogen) atoms. The van der Waals surface area contributed by atoms with Crippen molar-refractivity contribution in [2.45, 2.75) is 13.0 Å². The average molecular weight is 553 g/mol. The molecule has 10 heteroatoms. The van der Waals surface area contributed by atoms with Crippen LogP contribution < -0.4 is 20.2 Å². The fraction of sp³-hybridized carbons (Fsp3) is 0.154. The van der Waals surface area contributed by atoms with Gasteiger partial charge in [-0.15, -0.1) is 0 Å². The Labute approximate surface area is 215 Å². The van der Waals surface area contributed by atoms with Crippen molar-refractivity contribution >= 4 is 34.0 Å². The Morgan fingerprint density at radius 2 is 1.92 bits per heavy atom. The highest BCUT2D eigenvalue weighted by Crippen LogP contribution is 2.36. The monoisotopic (exact) mass is 552 g/mol. The highest BCUT2D eigenvalue weighted by Gasteiger charge is 2.13. The molecule has 0 bridgehead atoms. The minimum atomic E-state index is -0.628. The second-order valence-corrected chi connectivity index (χ2v) is 8.26. The molecule has 0 aliphatic heterocycles. The Balaban J connectivity index is 1.51. The number of carbonyl (C=O) groups is 2. The van der Waals surface area contributed by atoms with Crippen LogP contribution in [0.25, 0.3) is 0 Å². The van der Waals surface area contributed by atoms with Gasteiger partial charge in [0.15, 0.2) is 11.5 Å². The summed E-state index contributed by atoms with van der Waals surface area (Å²) in [5.74, 6) is -0.692. The molecule has 0 radical (unpaired) electrons. The van der Waals surface area contributed by atoms with E-state index < -0.39 is 17.6 Å². The van der Waals surface area contributed by atoms with Crippen molar-refractivity contribution in [3.05, 3.63) is 93.2 Å². The zero-order chi connectivity index (χ0) is 25.9. The van der Waals surface area contributed by atoms with Gasteiger partial charge in [0.1, 0.15) is 12.4 Å². The van der Waals surface area contributed by atoms with Crippen LogP contribution in [0.15, 0.2) is 70.2 Å². The summed E-state index contributed by atoms with van der Waals surface area (Å²) in [5.41, 5.74) is 4.39. The number of carbonyl (C=O) groups excluding carboxylic acids is 2. The fourth-order valence-corrected chi connectivity index (χ4v) is 3.62. The molecule has 0 atom stereocenters. The van der Waals surface area contributed by atoms with Crippen molar-refractivity contribution in [3.63, 3.8) is 0 Å². The standard InChI is InChI=1S/C26H22BrFN4O4/c1-35-23-13-19(12-21(27)25(23)36-16-18-8-6-17(14-29)7-9-18)15-31-32-24(33)10-11-30-26(34)20-4-2-3-5-22(20)28/h2-9,12-13,15H,10-11,16H2,1H3,(H,30,34)(H,32,33). The first-order valence-corrected chi connectivity index (χ1v) is 11.5. The fourth-order valence-electron chi connectivity index (χ4n) is 3.05. The first kappa shape index (κ1) is 26.4. The molecule has 0 aromatic heterocycles. The summed E-state index contributed by atoms with van der Waals surface area (Å²) in [4.78, 5) is 24.0. The van der Waals surface area contributed by atoms with Crippen molar-refractivity contribution in [1.29, 1.82) is 5.26 Å². The van der Waals surface area contributed by atoms with Crippen LogP contribution in [0.2, 0.25) is 0 Å². The van der Waals surface area contributed by atoms with Crippen LogP contribution in [-0.2, 0) is 11.4 Å². The van der Waals surface area contributed by atoms with Crippen LogP contribution in [0.5, 0.6) is 11.5 Å². The molecule has 8 nitrogen and oxygen atoms in total. The van der Waals surface area contributed by atoms with E-state index >= 15 is 0 Å². The zero-order valence-electron chi connectivity index (χ0n) is 19.3. The van der Waals surface area contributed by atoms with Crippen LogP contribution >= 0.6 is 15.9 Å². The zero-order valence-corrected chi connectivity index (χ0v) is 20.8. The van der Waals surface area contributed by atoms with Gasteiger partial charge < -0.3 is 14.8 Å². The molecule has 2 N–H and O–H groups in total. The van der Waals surface area contributed by atoms with Gasteiger partial charge in [0, 0.05) is 13.0 Å². The van der Waals surface area contributed by atoms with Gasteiger partial charge in [-0.05, 0) is 63.5 Å². The van der Waals surface area contributed by atoms with Gasteiger partial charge in [-0.25, -0.2) is 9.82 Å². The molecule has 0 aliphatic rings. The molecule has 3 rings (SSSR count). The van der Waals surface area contributed by atoms with Crippen molar-refractivity contribution in [3.8, 4) is 17.6 Å². The summed E-state index contributed by atoms with van der Waals surface area (Å²) in [5, 5.41) is 15.3. The van der Waals surface area contributed by atoms with Crippen molar-refractivity contribution < 1.29 is 23.5 Å². The first-order valence-electron chi connectivity index (χ1n) is 10.7. The summed E-state index contributed by atoms with van der Waals surface area (Å²) in [6.07, 6.45) is 1.40. The number of rotatable bonds is 10. The Morgan fingerprint density at radius 1 is 1.17 bits per heavy atom. The molecule has 3 aromatic carbocycles. The highest BCUT2D eigenvalue weighted by atomic mass is 79.9. The molecular formula is C26H22BrFN4O4. The number of nitrogens with zero attached hydrogens (tertiary/aromatic N) is 2. The van der Waals surface area contributed by atoms with Gasteiger partial charge in [-0.2, -0.15) is 10.4 Å². The highest BCUT2D eigenvalue weighted by molar-refractivity contribution is 9.10. The average Bonchev–Trinajstić information content (AvgIpc) is 2.88. The number of methoxy groups -OCH3 is 1. The smallest absolute Gasteiger partial charge is 0.254 e. The number of hydrazone groups is 1. The van der Waals surface area contributed by atoms with Gasteiger partial charge in [-0.1, -0.05) is 24.3 Å². The number of nitrogens with one attached hydrogen (secondary N) is 2. The van der Waals surface area contributed by atoms with Crippen molar-refractivity contribution in [2.24, 2.45) is 5.10 Å². The summed E-state index contributed by atoms with van der Waals surface area (Å²) >= 11 is 3.46. The molecule has 2 amide bonds. The lowest BCUT2D eigenvalue weighted by Crippen LogP contribution is -2.29. The van der Waals surface area contributed by atoms with E-state index in [1.165, 1.54) is 31.5 Å². The SMILES string of the molecule is COc1cc(C=NNC(=O)CCNC(=O)c2ccccc2F)cc(Br)c1OCc1ccc(C#N)cc1. The largest absolute Gasteiger partial charge is 0.493 e. The number of benzene rings is 3. The van der Waals surface area contributed by atoms with Crippen LogP contribution in [0.3, 0.4) is 0 Å². The minimum Gasteiger partial charge on any atom is -0.493 e. The predicted octanol–water partition coefficient (Wildman–Crippen LogP) is 4.32. The predicted molar refractivity (Wildman–Crippen MR) is 135 cm³/mol. The molecule has 184 valence electrons. The van der Waals surface area contributed by atoms with Gasteiger partial charge in [-0.3, -0.25) is 9.59 Å². The maximum absolute atomic E-state index is 13.6. The van der Waals surface area contributed by atoms with Crippen molar-refractivity contribution in [2.75, 3.05) is 13.7 Å². The topological polar surface area (TPSA) is 113 Å². The normalized spacial score (nSPS) is 10.5. The van der Waals surface area contributed by atoms with E-state index in [0.717, 1.165) is 5.56 Å². The summed E-state index contributed by atoms with van der Waals surface area (Å²) in [7, 11) is 1.51. The molecule has 0 unspecified atom stereocenters. The molecule has 0 fully saturated rings. The lowest BCUT2D eigenvalue weighted by molar-refractivity contribution is -0.120. The third kappa shape index (κ3) is 7.38. The van der Waals surface area contributed by atoms with Crippen LogP contribution in [0.1, 0.15) is 33.5 Å². The maximum Gasteiger partial charge on any atom is 0.254 e. The van der Waals surface area contributed by atoms with E-state index in [1.54, 1.807) is 30.3 Å². The minimum absolute atomic E-state index is 0.0270. The van der Waals surface area contributed by atoms with E-state index in [2.05, 4.69) is 37.8 Å². The quantitative estimate of drug-likeness (QED) is 0.287. The summed E-state index contributed by atoms with van der Waals surface area (Å²) < 4.78 is 25.6. The van der Waals surface area contributed by atoms with Gasteiger partial charge >= 0.3 is 0 Å². The third-order valence-corrected chi connectivity index (χ3v) is 5.47. The molecule has 0 saturated heterocycles. The summed E-state index contributed by atoms with van der Waals surface area (Å²) in [6, 6.07) is 18.2. The van der Waals surface area contributed by atoms with E-state index in [9.17, 15) is 14.0 Å². The second-order valence-electron chi connectivity index (χ2n) is 7.41. The number of halogens is 2. The van der Waals surface area contributed by atoms with Crippen LogP contribution in [-0.4, -0.2) is 31.7 Å². The number of hydrogen-bond acceptors (Lipinski definition) is 6. The Morgan fingerprint density at radius 3 is 2.61 bits per heavy atom. The molecule has 0 spiro atoms. The molecule has 3 aromatic rings. The molecular weight excluding hydrogens is 531 g/mol. The van der Waals surface area contributed by atoms with Gasteiger partial charge in [0.25, 0.3) is 5.91 Å². The summed E-state index contributed by atoms with van der Waals surface area (Å²) in [6.45, 7) is 0.302. The van der Waals surface area contributed by atoms with Gasteiger partial charge in [0.05, 0.1) is 35.0 Å². The maximum atomic E-state index is 13.6. The van der Waals surface area contributed by atoms with Crippen LogP contribution in [0.4, 0.5) is 4.39 Å².